The summed E-state index contributed by atoms with van der Waals surface area (Å²) in [4.78, 5) is 16.8. The number of fused-ring (bicyclic) bond motifs is 1. The highest BCUT2D eigenvalue weighted by molar-refractivity contribution is 9.10. The smallest absolute Gasteiger partial charge is 0.345 e. The molecule has 4 aromatic rings. The molecule has 0 aliphatic rings. The number of rotatable bonds is 2. The molecule has 0 saturated heterocycles. The lowest BCUT2D eigenvalue weighted by Gasteiger charge is -2.10. The second-order valence-electron chi connectivity index (χ2n) is 5.92. The van der Waals surface area contributed by atoms with Crippen molar-refractivity contribution in [3.63, 3.8) is 0 Å². The van der Waals surface area contributed by atoms with Crippen molar-refractivity contribution in [1.82, 2.24) is 4.98 Å². The molecular formula is C21H12BrN3O2. The Bertz CT molecular complexity index is 1290. The largest absolute Gasteiger partial charge is 0.422 e. The molecule has 2 heterocycles. The van der Waals surface area contributed by atoms with Crippen molar-refractivity contribution in [2.75, 3.05) is 5.73 Å². The summed E-state index contributed by atoms with van der Waals surface area (Å²) in [5, 5.41) is 10.3. The molecule has 0 radical (unpaired) electrons. The minimum atomic E-state index is -0.509. The van der Waals surface area contributed by atoms with Crippen molar-refractivity contribution in [2.24, 2.45) is 0 Å². The first-order valence-electron chi connectivity index (χ1n) is 8.06. The van der Waals surface area contributed by atoms with Crippen LogP contribution in [0.4, 0.5) is 5.82 Å². The summed E-state index contributed by atoms with van der Waals surface area (Å²) >= 11 is 3.43. The Morgan fingerprint density at radius 2 is 1.85 bits per heavy atom. The van der Waals surface area contributed by atoms with Crippen LogP contribution < -0.4 is 11.4 Å². The van der Waals surface area contributed by atoms with E-state index in [-0.39, 0.29) is 11.4 Å². The zero-order valence-corrected chi connectivity index (χ0v) is 15.5. The van der Waals surface area contributed by atoms with Gasteiger partial charge in [-0.25, -0.2) is 9.78 Å². The summed E-state index contributed by atoms with van der Waals surface area (Å²) in [6.45, 7) is 0. The fraction of sp³-hybridized carbons (Fsp3) is 0. The molecule has 0 saturated carbocycles. The average Bonchev–Trinajstić information content (AvgIpc) is 2.66. The molecule has 4 rings (SSSR count). The molecule has 6 heteroatoms. The second kappa shape index (κ2) is 6.71. The summed E-state index contributed by atoms with van der Waals surface area (Å²) in [6.07, 6.45) is 0. The number of aromatic nitrogens is 1. The SMILES string of the molecule is N#Cc1c(-c2cccc(Br)c2)cc(-c2cc3ccccc3oc2=O)nc1N. The number of para-hydroxylation sites is 1. The van der Waals surface area contributed by atoms with Gasteiger partial charge in [-0.1, -0.05) is 46.3 Å². The molecule has 0 aliphatic carbocycles. The van der Waals surface area contributed by atoms with E-state index in [1.807, 2.05) is 36.4 Å². The minimum Gasteiger partial charge on any atom is -0.422 e. The first kappa shape index (κ1) is 17.0. The van der Waals surface area contributed by atoms with Crippen molar-refractivity contribution < 1.29 is 4.42 Å². The van der Waals surface area contributed by atoms with Gasteiger partial charge in [0.15, 0.2) is 0 Å². The molecule has 2 N–H and O–H groups in total. The number of hydrogen-bond donors (Lipinski definition) is 1. The Morgan fingerprint density at radius 3 is 2.63 bits per heavy atom. The van der Waals surface area contributed by atoms with E-state index >= 15 is 0 Å². The van der Waals surface area contributed by atoms with Gasteiger partial charge in [-0.15, -0.1) is 0 Å². The normalized spacial score (nSPS) is 10.7. The lowest BCUT2D eigenvalue weighted by atomic mass is 9.98. The topological polar surface area (TPSA) is 92.9 Å². The number of nitrogens with two attached hydrogens (primary N) is 1. The van der Waals surface area contributed by atoms with Crippen molar-refractivity contribution >= 4 is 32.7 Å². The Labute approximate surface area is 162 Å². The highest BCUT2D eigenvalue weighted by Gasteiger charge is 2.16. The average molecular weight is 418 g/mol. The lowest BCUT2D eigenvalue weighted by Crippen LogP contribution is -2.06. The van der Waals surface area contributed by atoms with Crippen LogP contribution in [0, 0.1) is 11.3 Å². The fourth-order valence-corrected chi connectivity index (χ4v) is 3.34. The van der Waals surface area contributed by atoms with E-state index in [0.717, 1.165) is 15.4 Å². The minimum absolute atomic E-state index is 0.0672. The van der Waals surface area contributed by atoms with Crippen LogP contribution in [0.1, 0.15) is 5.56 Å². The molecule has 0 amide bonds. The van der Waals surface area contributed by atoms with Crippen LogP contribution in [0.3, 0.4) is 0 Å². The highest BCUT2D eigenvalue weighted by atomic mass is 79.9. The van der Waals surface area contributed by atoms with Gasteiger partial charge in [-0.05, 0) is 35.9 Å². The molecule has 2 aromatic carbocycles. The van der Waals surface area contributed by atoms with Gasteiger partial charge in [0.2, 0.25) is 0 Å². The van der Waals surface area contributed by atoms with Crippen molar-refractivity contribution in [3.8, 4) is 28.5 Å². The molecular weight excluding hydrogens is 406 g/mol. The molecule has 0 bridgehead atoms. The van der Waals surface area contributed by atoms with Crippen LogP contribution >= 0.6 is 15.9 Å². The van der Waals surface area contributed by atoms with E-state index in [1.165, 1.54) is 0 Å². The monoisotopic (exact) mass is 417 g/mol. The molecule has 5 nitrogen and oxygen atoms in total. The van der Waals surface area contributed by atoms with Crippen LogP contribution in [0.15, 0.2) is 74.3 Å². The van der Waals surface area contributed by atoms with Gasteiger partial charge < -0.3 is 10.2 Å². The first-order valence-corrected chi connectivity index (χ1v) is 8.86. The van der Waals surface area contributed by atoms with Gasteiger partial charge in [0.1, 0.15) is 23.0 Å². The van der Waals surface area contributed by atoms with Gasteiger partial charge in [-0.2, -0.15) is 5.26 Å². The van der Waals surface area contributed by atoms with E-state index in [9.17, 15) is 10.1 Å². The van der Waals surface area contributed by atoms with Gasteiger partial charge in [0.25, 0.3) is 0 Å². The maximum absolute atomic E-state index is 12.5. The van der Waals surface area contributed by atoms with E-state index in [4.69, 9.17) is 10.2 Å². The Hall–Kier alpha value is -3.43. The summed E-state index contributed by atoms with van der Waals surface area (Å²) < 4.78 is 6.27. The van der Waals surface area contributed by atoms with Gasteiger partial charge in [0.05, 0.1) is 11.3 Å². The maximum Gasteiger partial charge on any atom is 0.345 e. The number of halogens is 1. The van der Waals surface area contributed by atoms with Gasteiger partial charge >= 0.3 is 5.63 Å². The van der Waals surface area contributed by atoms with E-state index < -0.39 is 5.63 Å². The van der Waals surface area contributed by atoms with Crippen LogP contribution in [-0.2, 0) is 0 Å². The van der Waals surface area contributed by atoms with Crippen LogP contribution in [0.5, 0.6) is 0 Å². The standard InChI is InChI=1S/C21H12BrN3O2/c22-14-6-3-5-12(8-14)15-10-18(25-20(24)17(15)11-23)16-9-13-4-1-2-7-19(13)27-21(16)26/h1-10H,(H2,24,25). The van der Waals surface area contributed by atoms with E-state index in [1.54, 1.807) is 24.3 Å². The van der Waals surface area contributed by atoms with Crippen molar-refractivity contribution in [2.45, 2.75) is 0 Å². The van der Waals surface area contributed by atoms with E-state index in [2.05, 4.69) is 27.0 Å². The third kappa shape index (κ3) is 3.09. The van der Waals surface area contributed by atoms with Crippen LogP contribution in [-0.4, -0.2) is 4.98 Å². The fourth-order valence-electron chi connectivity index (χ4n) is 2.94. The van der Waals surface area contributed by atoms with Crippen LogP contribution in [0.2, 0.25) is 0 Å². The number of nitrogen functional groups attached to an aromatic ring is 1. The lowest BCUT2D eigenvalue weighted by molar-refractivity contribution is 0.563. The Morgan fingerprint density at radius 1 is 1.04 bits per heavy atom. The second-order valence-corrected chi connectivity index (χ2v) is 6.84. The van der Waals surface area contributed by atoms with Crippen molar-refractivity contribution in [3.05, 3.63) is 81.1 Å². The molecule has 0 aliphatic heterocycles. The molecule has 0 spiro atoms. The maximum atomic E-state index is 12.5. The molecule has 130 valence electrons. The first-order chi connectivity index (χ1) is 13.1. The summed E-state index contributed by atoms with van der Waals surface area (Å²) in [6, 6.07) is 20.3. The summed E-state index contributed by atoms with van der Waals surface area (Å²) in [5.41, 5.74) is 8.34. The summed E-state index contributed by atoms with van der Waals surface area (Å²) in [7, 11) is 0. The molecule has 2 aromatic heterocycles. The number of nitriles is 1. The molecule has 27 heavy (non-hydrogen) atoms. The quantitative estimate of drug-likeness (QED) is 0.475. The number of anilines is 1. The number of pyridine rings is 1. The van der Waals surface area contributed by atoms with Gasteiger partial charge in [-0.3, -0.25) is 0 Å². The van der Waals surface area contributed by atoms with Crippen LogP contribution in [0.25, 0.3) is 33.4 Å². The summed E-state index contributed by atoms with van der Waals surface area (Å²) in [5.74, 6) is 0.0672. The molecule has 0 fully saturated rings. The Balaban J connectivity index is 1.99. The Kier molecular flexibility index (Phi) is 4.22. The molecule has 0 atom stereocenters. The molecule has 0 unspecified atom stereocenters. The zero-order chi connectivity index (χ0) is 19.0. The van der Waals surface area contributed by atoms with Gasteiger partial charge in [0, 0.05) is 15.4 Å². The predicted octanol–water partition coefficient (Wildman–Crippen LogP) is 4.74. The highest BCUT2D eigenvalue weighted by Crippen LogP contribution is 2.32. The number of benzene rings is 2. The third-order valence-corrected chi connectivity index (χ3v) is 4.71. The van der Waals surface area contributed by atoms with E-state index in [0.29, 0.717) is 22.4 Å². The van der Waals surface area contributed by atoms with Crippen molar-refractivity contribution in [1.29, 1.82) is 5.26 Å². The number of nitrogens with zero attached hydrogens (tertiary/aromatic N) is 2. The number of hydrogen-bond acceptors (Lipinski definition) is 5. The predicted molar refractivity (Wildman–Crippen MR) is 108 cm³/mol. The third-order valence-electron chi connectivity index (χ3n) is 4.21. The zero-order valence-electron chi connectivity index (χ0n) is 13.9.